The summed E-state index contributed by atoms with van der Waals surface area (Å²) < 4.78 is 0. The van der Waals surface area contributed by atoms with Crippen molar-refractivity contribution in [2.24, 2.45) is 23.7 Å². The third-order valence-corrected chi connectivity index (χ3v) is 6.86. The smallest absolute Gasteiger partial charge is 0.222 e. The summed E-state index contributed by atoms with van der Waals surface area (Å²) in [7, 11) is 2.16. The maximum Gasteiger partial charge on any atom is 0.222 e. The van der Waals surface area contributed by atoms with Crippen LogP contribution in [0.3, 0.4) is 0 Å². The molecule has 0 aromatic rings. The molecule has 0 aromatic heterocycles. The Hall–Kier alpha value is -0.570. The van der Waals surface area contributed by atoms with E-state index in [0.29, 0.717) is 11.8 Å². The van der Waals surface area contributed by atoms with Crippen LogP contribution in [0.4, 0.5) is 0 Å². The van der Waals surface area contributed by atoms with Crippen LogP contribution in [-0.4, -0.2) is 48.9 Å². The lowest BCUT2D eigenvalue weighted by atomic mass is 9.90. The molecule has 0 saturated carbocycles. The molecule has 1 heterocycles. The van der Waals surface area contributed by atoms with E-state index in [1.807, 2.05) is 0 Å². The Balaban J connectivity index is 2.07. The first kappa shape index (κ1) is 26.5. The summed E-state index contributed by atoms with van der Waals surface area (Å²) in [5.41, 5.74) is 0. The van der Waals surface area contributed by atoms with Crippen LogP contribution in [0.5, 0.6) is 0 Å². The van der Waals surface area contributed by atoms with Crippen LogP contribution in [0.25, 0.3) is 0 Å². The maximum absolute atomic E-state index is 12.6. The van der Waals surface area contributed by atoms with E-state index in [4.69, 9.17) is 0 Å². The van der Waals surface area contributed by atoms with Crippen molar-refractivity contribution in [3.8, 4) is 0 Å². The summed E-state index contributed by atoms with van der Waals surface area (Å²) >= 11 is 0. The first-order valence-electron chi connectivity index (χ1n) is 12.7. The number of nitrogens with zero attached hydrogens (tertiary/aromatic N) is 2. The van der Waals surface area contributed by atoms with Gasteiger partial charge in [0, 0.05) is 26.1 Å². The molecule has 172 valence electrons. The highest BCUT2D eigenvalue weighted by Gasteiger charge is 2.19. The molecular weight excluding hydrogens is 356 g/mol. The minimum absolute atomic E-state index is 0.382. The lowest BCUT2D eigenvalue weighted by molar-refractivity contribution is -0.132. The molecule has 29 heavy (non-hydrogen) atoms. The minimum atomic E-state index is 0.382. The summed E-state index contributed by atoms with van der Waals surface area (Å²) in [5.74, 6) is 3.49. The molecule has 1 saturated heterocycles. The molecule has 3 atom stereocenters. The fourth-order valence-corrected chi connectivity index (χ4v) is 4.62. The van der Waals surface area contributed by atoms with Gasteiger partial charge in [-0.05, 0) is 43.7 Å². The first-order valence-corrected chi connectivity index (χ1v) is 12.7. The van der Waals surface area contributed by atoms with E-state index in [9.17, 15) is 4.79 Å². The highest BCUT2D eigenvalue weighted by Crippen LogP contribution is 2.23. The SMILES string of the molecule is CC(C)CCCC(C)CCCC(C)CCCC(C)CC(=O)N1CCCN(C)CC1. The summed E-state index contributed by atoms with van der Waals surface area (Å²) in [5, 5.41) is 0. The number of amides is 1. The average molecular weight is 409 g/mol. The number of rotatable bonds is 14. The van der Waals surface area contributed by atoms with Crippen molar-refractivity contribution in [2.75, 3.05) is 33.2 Å². The van der Waals surface area contributed by atoms with E-state index >= 15 is 0 Å². The van der Waals surface area contributed by atoms with Crippen LogP contribution in [0.2, 0.25) is 0 Å². The van der Waals surface area contributed by atoms with E-state index < -0.39 is 0 Å². The molecule has 0 bridgehead atoms. The van der Waals surface area contributed by atoms with Gasteiger partial charge in [-0.1, -0.05) is 92.4 Å². The lowest BCUT2D eigenvalue weighted by Gasteiger charge is -2.22. The molecule has 1 amide bonds. The van der Waals surface area contributed by atoms with Gasteiger partial charge in [0.05, 0.1) is 0 Å². The van der Waals surface area contributed by atoms with Gasteiger partial charge in [0.2, 0.25) is 5.91 Å². The van der Waals surface area contributed by atoms with Crippen LogP contribution in [0.15, 0.2) is 0 Å². The van der Waals surface area contributed by atoms with E-state index in [0.717, 1.165) is 56.8 Å². The highest BCUT2D eigenvalue weighted by atomic mass is 16.2. The third kappa shape index (κ3) is 13.4. The van der Waals surface area contributed by atoms with Gasteiger partial charge >= 0.3 is 0 Å². The van der Waals surface area contributed by atoms with E-state index in [-0.39, 0.29) is 0 Å². The monoisotopic (exact) mass is 408 g/mol. The zero-order chi connectivity index (χ0) is 21.6. The molecule has 0 aromatic carbocycles. The zero-order valence-electron chi connectivity index (χ0n) is 20.7. The Labute approximate surface area is 183 Å². The van der Waals surface area contributed by atoms with Gasteiger partial charge in [-0.25, -0.2) is 0 Å². The normalized spacial score (nSPS) is 19.2. The molecular formula is C26H52N2O. The van der Waals surface area contributed by atoms with E-state index in [1.54, 1.807) is 0 Å². The fraction of sp³-hybridized carbons (Fsp3) is 0.962. The summed E-state index contributed by atoms with van der Waals surface area (Å²) in [4.78, 5) is 17.0. The minimum Gasteiger partial charge on any atom is -0.341 e. The Morgan fingerprint density at radius 3 is 1.76 bits per heavy atom. The Morgan fingerprint density at radius 1 is 0.690 bits per heavy atom. The number of carbonyl (C=O) groups excluding carboxylic acids is 1. The quantitative estimate of drug-likeness (QED) is 0.322. The van der Waals surface area contributed by atoms with Crippen molar-refractivity contribution in [3.63, 3.8) is 0 Å². The molecule has 1 rings (SSSR count). The van der Waals surface area contributed by atoms with Crippen molar-refractivity contribution in [1.82, 2.24) is 9.80 Å². The standard InChI is InChI=1S/C26H52N2O/c1-22(2)11-7-12-23(3)13-8-14-24(4)15-9-16-25(5)21-26(29)28-18-10-17-27(6)19-20-28/h22-25H,7-21H2,1-6H3. The molecule has 0 radical (unpaired) electrons. The number of hydrogen-bond donors (Lipinski definition) is 0. The summed E-state index contributed by atoms with van der Waals surface area (Å²) in [6, 6.07) is 0. The second-order valence-electron chi connectivity index (χ2n) is 10.7. The average Bonchev–Trinajstić information content (AvgIpc) is 2.86. The van der Waals surface area contributed by atoms with Gasteiger partial charge in [0.1, 0.15) is 0 Å². The van der Waals surface area contributed by atoms with Crippen molar-refractivity contribution < 1.29 is 4.79 Å². The number of carbonyl (C=O) groups is 1. The van der Waals surface area contributed by atoms with Gasteiger partial charge in [-0.15, -0.1) is 0 Å². The molecule has 1 aliphatic heterocycles. The molecule has 1 fully saturated rings. The third-order valence-electron chi connectivity index (χ3n) is 6.86. The predicted molar refractivity (Wildman–Crippen MR) is 127 cm³/mol. The number of hydrogen-bond acceptors (Lipinski definition) is 2. The van der Waals surface area contributed by atoms with Crippen molar-refractivity contribution in [1.29, 1.82) is 0 Å². The van der Waals surface area contributed by atoms with E-state index in [2.05, 4.69) is 51.5 Å². The molecule has 1 aliphatic rings. The van der Waals surface area contributed by atoms with Crippen LogP contribution < -0.4 is 0 Å². The predicted octanol–water partition coefficient (Wildman–Crippen LogP) is 6.62. The number of likely N-dealkylation sites (N-methyl/N-ethyl adjacent to an activating group) is 1. The molecule has 0 aliphatic carbocycles. The van der Waals surface area contributed by atoms with Crippen LogP contribution in [0, 0.1) is 23.7 Å². The zero-order valence-corrected chi connectivity index (χ0v) is 20.7. The molecule has 3 unspecified atom stereocenters. The van der Waals surface area contributed by atoms with Gasteiger partial charge in [0.25, 0.3) is 0 Å². The van der Waals surface area contributed by atoms with Gasteiger partial charge in [-0.3, -0.25) is 4.79 Å². The first-order chi connectivity index (χ1) is 13.8. The molecule has 3 heteroatoms. The van der Waals surface area contributed by atoms with Crippen LogP contribution >= 0.6 is 0 Å². The maximum atomic E-state index is 12.6. The van der Waals surface area contributed by atoms with E-state index in [1.165, 1.54) is 57.8 Å². The largest absolute Gasteiger partial charge is 0.341 e. The fourth-order valence-electron chi connectivity index (χ4n) is 4.62. The van der Waals surface area contributed by atoms with Gasteiger partial charge in [0.15, 0.2) is 0 Å². The topological polar surface area (TPSA) is 23.6 Å². The molecule has 0 spiro atoms. The van der Waals surface area contributed by atoms with Gasteiger partial charge < -0.3 is 9.80 Å². The lowest BCUT2D eigenvalue weighted by Crippen LogP contribution is -2.35. The Morgan fingerprint density at radius 2 is 1.21 bits per heavy atom. The van der Waals surface area contributed by atoms with Crippen LogP contribution in [-0.2, 0) is 4.79 Å². The van der Waals surface area contributed by atoms with Gasteiger partial charge in [-0.2, -0.15) is 0 Å². The molecule has 3 nitrogen and oxygen atoms in total. The highest BCUT2D eigenvalue weighted by molar-refractivity contribution is 5.76. The van der Waals surface area contributed by atoms with Crippen molar-refractivity contribution >= 4 is 5.91 Å². The Kier molecular flexibility index (Phi) is 13.9. The molecule has 0 N–H and O–H groups in total. The van der Waals surface area contributed by atoms with Crippen LogP contribution in [0.1, 0.15) is 105 Å². The Bertz CT molecular complexity index is 423. The summed E-state index contributed by atoms with van der Waals surface area (Å²) in [6.45, 7) is 15.8. The summed E-state index contributed by atoms with van der Waals surface area (Å²) in [6.07, 6.45) is 14.0. The second-order valence-corrected chi connectivity index (χ2v) is 10.7. The van der Waals surface area contributed by atoms with Crippen molar-refractivity contribution in [3.05, 3.63) is 0 Å². The van der Waals surface area contributed by atoms with Crippen molar-refractivity contribution in [2.45, 2.75) is 105 Å². The second kappa shape index (κ2) is 15.3.